The molecular weight excluding hydrogens is 277 g/mol. The van der Waals surface area contributed by atoms with Gasteiger partial charge in [-0.25, -0.2) is 0 Å². The second-order valence-electron chi connectivity index (χ2n) is 2.39. The maximum Gasteiger partial charge on any atom is 0.461 e. The summed E-state index contributed by atoms with van der Waals surface area (Å²) in [5.74, 6) is -10.9. The summed E-state index contributed by atoms with van der Waals surface area (Å²) in [4.78, 5) is 10.0. The van der Waals surface area contributed by atoms with E-state index in [1.807, 2.05) is 0 Å². The Kier molecular flexibility index (Phi) is 3.35. The van der Waals surface area contributed by atoms with Crippen LogP contribution in [0.1, 0.15) is 0 Å². The minimum absolute atomic E-state index is 4.27. The molecule has 12 heteroatoms. The average molecular weight is 278 g/mol. The molecule has 0 unspecified atom stereocenters. The topological polar surface area (TPSA) is 71.4 Å². The van der Waals surface area contributed by atoms with Gasteiger partial charge in [0.05, 0.1) is 0 Å². The molecule has 0 aliphatic heterocycles. The smallest absolute Gasteiger partial charge is 0.284 e. The highest BCUT2D eigenvalue weighted by atomic mass is 32.2. The van der Waals surface area contributed by atoms with Gasteiger partial charge in [-0.3, -0.25) is 9.35 Å². The maximum absolute atomic E-state index is 12.2. The second kappa shape index (κ2) is 3.55. The molecule has 0 fully saturated rings. The van der Waals surface area contributed by atoms with Crippen molar-refractivity contribution in [2.45, 2.75) is 17.4 Å². The van der Waals surface area contributed by atoms with Gasteiger partial charge < -0.3 is 0 Å². The normalized spacial score (nSPS) is 15.0. The van der Waals surface area contributed by atoms with E-state index in [2.05, 4.69) is 0 Å². The Bertz CT molecular complexity index is 393. The molecule has 0 aliphatic carbocycles. The van der Waals surface area contributed by atoms with Gasteiger partial charge >= 0.3 is 27.5 Å². The monoisotopic (exact) mass is 278 g/mol. The molecule has 0 atom stereocenters. The summed E-state index contributed by atoms with van der Waals surface area (Å²) in [6.45, 7) is 0. The molecule has 16 heavy (non-hydrogen) atoms. The molecular formula is C4HF7O4S. The van der Waals surface area contributed by atoms with Gasteiger partial charge in [0.2, 0.25) is 0 Å². The van der Waals surface area contributed by atoms with Crippen molar-refractivity contribution >= 4 is 15.9 Å². The Hall–Kier alpha value is -0.910. The first-order valence-corrected chi connectivity index (χ1v) is 4.44. The van der Waals surface area contributed by atoms with Crippen molar-refractivity contribution in [3.8, 4) is 0 Å². The Morgan fingerprint density at radius 2 is 1.25 bits per heavy atom. The van der Waals surface area contributed by atoms with E-state index in [0.717, 1.165) is 0 Å². The number of carbonyl (C=O) groups excluding carboxylic acids is 1. The van der Waals surface area contributed by atoms with Gasteiger partial charge in [0.15, 0.2) is 0 Å². The minimum Gasteiger partial charge on any atom is -0.284 e. The highest BCUT2D eigenvalue weighted by Crippen LogP contribution is 2.41. The minimum atomic E-state index is -6.71. The van der Waals surface area contributed by atoms with E-state index in [1.165, 1.54) is 0 Å². The molecule has 1 N–H and O–H groups in total. The fourth-order valence-electron chi connectivity index (χ4n) is 0.429. The molecule has 0 saturated carbocycles. The standard InChI is InChI=1S/C4HF7O4S/c5-2(6,4(9,10)11)1(12)3(7,8)16(13,14)15/h(H,13,14,15). The number of halogens is 7. The lowest BCUT2D eigenvalue weighted by Crippen LogP contribution is -2.54. The third-order valence-corrected chi connectivity index (χ3v) is 2.06. The predicted molar refractivity (Wildman–Crippen MR) is 32.5 cm³/mol. The molecule has 0 aromatic carbocycles. The second-order valence-corrected chi connectivity index (χ2v) is 3.86. The summed E-state index contributed by atoms with van der Waals surface area (Å²) in [5.41, 5.74) is 0. The van der Waals surface area contributed by atoms with E-state index in [0.29, 0.717) is 0 Å². The lowest BCUT2D eigenvalue weighted by atomic mass is 10.2. The van der Waals surface area contributed by atoms with Gasteiger partial charge in [0, 0.05) is 0 Å². The summed E-state index contributed by atoms with van der Waals surface area (Å²) in [7, 11) is -6.71. The van der Waals surface area contributed by atoms with Crippen molar-refractivity contribution in [1.29, 1.82) is 0 Å². The van der Waals surface area contributed by atoms with Gasteiger partial charge in [-0.2, -0.15) is 39.2 Å². The van der Waals surface area contributed by atoms with E-state index in [-0.39, 0.29) is 0 Å². The summed E-state index contributed by atoms with van der Waals surface area (Å²) >= 11 is 0. The molecule has 0 heterocycles. The Morgan fingerprint density at radius 3 is 1.44 bits per heavy atom. The quantitative estimate of drug-likeness (QED) is 0.622. The number of rotatable bonds is 3. The maximum atomic E-state index is 12.2. The average Bonchev–Trinajstić information content (AvgIpc) is 1.98. The first-order valence-electron chi connectivity index (χ1n) is 3.00. The van der Waals surface area contributed by atoms with E-state index in [9.17, 15) is 43.9 Å². The van der Waals surface area contributed by atoms with Crippen LogP contribution < -0.4 is 0 Å². The molecule has 0 aliphatic rings. The summed E-state index contributed by atoms with van der Waals surface area (Å²) in [6, 6.07) is 0. The van der Waals surface area contributed by atoms with Crippen LogP contribution in [-0.4, -0.2) is 36.1 Å². The number of alkyl halides is 7. The molecule has 0 amide bonds. The summed E-state index contributed by atoms with van der Waals surface area (Å²) in [5, 5.41) is -6.24. The third-order valence-electron chi connectivity index (χ3n) is 1.23. The van der Waals surface area contributed by atoms with Crippen molar-refractivity contribution in [2.24, 2.45) is 0 Å². The van der Waals surface area contributed by atoms with Crippen LogP contribution in [-0.2, 0) is 14.9 Å². The largest absolute Gasteiger partial charge is 0.461 e. The summed E-state index contributed by atoms with van der Waals surface area (Å²) in [6.07, 6.45) is -6.70. The summed E-state index contributed by atoms with van der Waals surface area (Å²) < 4.78 is 110. The number of hydrogen-bond acceptors (Lipinski definition) is 3. The van der Waals surface area contributed by atoms with Crippen LogP contribution in [0.3, 0.4) is 0 Å². The van der Waals surface area contributed by atoms with Crippen molar-refractivity contribution in [1.82, 2.24) is 0 Å². The Morgan fingerprint density at radius 1 is 0.938 bits per heavy atom. The zero-order chi connectivity index (χ0) is 13.6. The van der Waals surface area contributed by atoms with Crippen molar-refractivity contribution in [3.63, 3.8) is 0 Å². The molecule has 0 spiro atoms. The molecule has 0 aromatic rings. The van der Waals surface area contributed by atoms with Gasteiger partial charge in [0.1, 0.15) is 0 Å². The molecule has 0 saturated heterocycles. The van der Waals surface area contributed by atoms with Gasteiger partial charge in [-0.1, -0.05) is 0 Å². The number of carbonyl (C=O) groups is 1. The van der Waals surface area contributed by atoms with Gasteiger partial charge in [-0.05, 0) is 0 Å². The van der Waals surface area contributed by atoms with Crippen LogP contribution >= 0.6 is 0 Å². The van der Waals surface area contributed by atoms with Crippen LogP contribution in [0.15, 0.2) is 0 Å². The van der Waals surface area contributed by atoms with E-state index < -0.39 is 33.3 Å². The van der Waals surface area contributed by atoms with E-state index >= 15 is 0 Å². The zero-order valence-electron chi connectivity index (χ0n) is 6.73. The first kappa shape index (κ1) is 15.1. The number of hydrogen-bond donors (Lipinski definition) is 1. The third kappa shape index (κ3) is 2.26. The van der Waals surface area contributed by atoms with Crippen molar-refractivity contribution < 1.29 is 48.5 Å². The first-order chi connectivity index (χ1) is 6.65. The molecule has 0 rings (SSSR count). The molecule has 0 radical (unpaired) electrons. The van der Waals surface area contributed by atoms with Crippen LogP contribution in [0.4, 0.5) is 30.7 Å². The highest BCUT2D eigenvalue weighted by Gasteiger charge is 2.72. The number of ketones is 1. The fraction of sp³-hybridized carbons (Fsp3) is 0.750. The SMILES string of the molecule is O=C(C(F)(F)C(F)(F)F)C(F)(F)S(=O)(=O)O. The molecule has 0 aromatic heterocycles. The van der Waals surface area contributed by atoms with E-state index in [4.69, 9.17) is 4.55 Å². The molecule has 0 bridgehead atoms. The van der Waals surface area contributed by atoms with Crippen molar-refractivity contribution in [3.05, 3.63) is 0 Å². The molecule has 96 valence electrons. The Labute approximate surface area is 82.8 Å². The van der Waals surface area contributed by atoms with Gasteiger partial charge in [0.25, 0.3) is 5.78 Å². The van der Waals surface area contributed by atoms with Crippen LogP contribution in [0.2, 0.25) is 0 Å². The fourth-order valence-corrected chi connectivity index (χ4v) is 0.791. The zero-order valence-corrected chi connectivity index (χ0v) is 7.54. The van der Waals surface area contributed by atoms with Crippen LogP contribution in [0.25, 0.3) is 0 Å². The van der Waals surface area contributed by atoms with E-state index in [1.54, 1.807) is 0 Å². The van der Waals surface area contributed by atoms with Crippen LogP contribution in [0.5, 0.6) is 0 Å². The molecule has 4 nitrogen and oxygen atoms in total. The number of Topliss-reactive ketones (excluding diaryl/α,β-unsaturated/α-hetero) is 1. The van der Waals surface area contributed by atoms with Gasteiger partial charge in [-0.15, -0.1) is 0 Å². The lowest BCUT2D eigenvalue weighted by molar-refractivity contribution is -0.274. The Balaban J connectivity index is 5.58. The predicted octanol–water partition coefficient (Wildman–Crippen LogP) is 1.23. The van der Waals surface area contributed by atoms with Crippen LogP contribution in [0, 0.1) is 0 Å². The van der Waals surface area contributed by atoms with Crippen molar-refractivity contribution in [2.75, 3.05) is 0 Å². The lowest BCUT2D eigenvalue weighted by Gasteiger charge is -2.21. The highest BCUT2D eigenvalue weighted by molar-refractivity contribution is 7.87.